The summed E-state index contributed by atoms with van der Waals surface area (Å²) in [5, 5.41) is 2.76. The number of carbonyl (C=O) groups excluding carboxylic acids is 2. The van der Waals surface area contributed by atoms with E-state index in [9.17, 15) is 9.59 Å². The second-order valence-electron chi connectivity index (χ2n) is 5.09. The Kier molecular flexibility index (Phi) is 3.96. The monoisotopic (exact) mass is 316 g/mol. The number of ether oxygens (including phenoxy) is 1. The van der Waals surface area contributed by atoms with E-state index < -0.39 is 5.91 Å². The SMILES string of the molecule is COc1cnc(N(C)C(=O)c2coc3c2C(=O)NCCC3)nc1. The molecule has 0 radical (unpaired) electrons. The Morgan fingerprint density at radius 1 is 1.39 bits per heavy atom. The maximum Gasteiger partial charge on any atom is 0.264 e. The second-order valence-corrected chi connectivity index (χ2v) is 5.09. The van der Waals surface area contributed by atoms with Gasteiger partial charge in [-0.15, -0.1) is 0 Å². The first-order valence-electron chi connectivity index (χ1n) is 7.14. The van der Waals surface area contributed by atoms with Gasteiger partial charge in [0.25, 0.3) is 11.8 Å². The number of nitrogens with zero attached hydrogens (tertiary/aromatic N) is 3. The number of aromatic nitrogens is 2. The van der Waals surface area contributed by atoms with E-state index in [0.29, 0.717) is 30.0 Å². The number of amides is 2. The molecule has 0 fully saturated rings. The highest BCUT2D eigenvalue weighted by Gasteiger charge is 2.29. The number of carbonyl (C=O) groups is 2. The molecule has 1 N–H and O–H groups in total. The molecule has 2 aromatic rings. The van der Waals surface area contributed by atoms with Crippen LogP contribution in [0.1, 0.15) is 32.9 Å². The van der Waals surface area contributed by atoms with Crippen LogP contribution < -0.4 is 15.0 Å². The fraction of sp³-hybridized carbons (Fsp3) is 0.333. The molecule has 0 saturated carbocycles. The van der Waals surface area contributed by atoms with E-state index in [-0.39, 0.29) is 17.4 Å². The van der Waals surface area contributed by atoms with Gasteiger partial charge in [-0.25, -0.2) is 9.97 Å². The summed E-state index contributed by atoms with van der Waals surface area (Å²) in [7, 11) is 3.05. The van der Waals surface area contributed by atoms with Crippen LogP contribution in [0.2, 0.25) is 0 Å². The quantitative estimate of drug-likeness (QED) is 0.908. The van der Waals surface area contributed by atoms with E-state index in [0.717, 1.165) is 6.42 Å². The van der Waals surface area contributed by atoms with Crippen LogP contribution in [0.15, 0.2) is 23.1 Å². The number of fused-ring (bicyclic) bond motifs is 1. The van der Waals surface area contributed by atoms with E-state index in [2.05, 4.69) is 15.3 Å². The summed E-state index contributed by atoms with van der Waals surface area (Å²) in [6.45, 7) is 0.564. The number of hydrogen-bond acceptors (Lipinski definition) is 6. The van der Waals surface area contributed by atoms with Crippen LogP contribution in [-0.4, -0.2) is 42.5 Å². The number of aryl methyl sites for hydroxylation is 1. The van der Waals surface area contributed by atoms with E-state index in [1.807, 2.05) is 0 Å². The lowest BCUT2D eigenvalue weighted by atomic mass is 10.1. The fourth-order valence-electron chi connectivity index (χ4n) is 2.39. The minimum Gasteiger partial charge on any atom is -0.494 e. The van der Waals surface area contributed by atoms with Gasteiger partial charge in [-0.1, -0.05) is 0 Å². The third-order valence-corrected chi connectivity index (χ3v) is 3.65. The molecule has 23 heavy (non-hydrogen) atoms. The molecule has 1 aliphatic heterocycles. The summed E-state index contributed by atoms with van der Waals surface area (Å²) in [6, 6.07) is 0. The zero-order valence-electron chi connectivity index (χ0n) is 12.8. The largest absolute Gasteiger partial charge is 0.494 e. The Bertz CT molecular complexity index is 738. The molecule has 2 aromatic heterocycles. The van der Waals surface area contributed by atoms with Crippen molar-refractivity contribution >= 4 is 17.8 Å². The molecule has 0 atom stereocenters. The molecule has 0 unspecified atom stereocenters. The maximum atomic E-state index is 12.7. The fourth-order valence-corrected chi connectivity index (χ4v) is 2.39. The lowest BCUT2D eigenvalue weighted by Gasteiger charge is -2.15. The highest BCUT2D eigenvalue weighted by Crippen LogP contribution is 2.23. The molecule has 0 aliphatic carbocycles. The summed E-state index contributed by atoms with van der Waals surface area (Å²) in [5.74, 6) is 0.536. The minimum atomic E-state index is -0.405. The Hall–Kier alpha value is -2.90. The van der Waals surface area contributed by atoms with Crippen molar-refractivity contribution in [3.05, 3.63) is 35.5 Å². The minimum absolute atomic E-state index is 0.208. The number of hydrogen-bond donors (Lipinski definition) is 1. The van der Waals surface area contributed by atoms with Crippen LogP contribution >= 0.6 is 0 Å². The van der Waals surface area contributed by atoms with Crippen LogP contribution in [0.3, 0.4) is 0 Å². The van der Waals surface area contributed by atoms with E-state index >= 15 is 0 Å². The average molecular weight is 316 g/mol. The smallest absolute Gasteiger partial charge is 0.264 e. The van der Waals surface area contributed by atoms with Crippen molar-refractivity contribution in [1.29, 1.82) is 0 Å². The normalized spacial score (nSPS) is 13.7. The van der Waals surface area contributed by atoms with Crippen molar-refractivity contribution in [2.45, 2.75) is 12.8 Å². The molecule has 3 heterocycles. The number of methoxy groups -OCH3 is 1. The topological polar surface area (TPSA) is 97.6 Å². The molecule has 1 aliphatic rings. The van der Waals surface area contributed by atoms with Crippen molar-refractivity contribution in [2.75, 3.05) is 25.6 Å². The van der Waals surface area contributed by atoms with Crippen molar-refractivity contribution in [3.63, 3.8) is 0 Å². The van der Waals surface area contributed by atoms with Gasteiger partial charge in [0.05, 0.1) is 30.6 Å². The third kappa shape index (κ3) is 2.75. The van der Waals surface area contributed by atoms with E-state index in [1.165, 1.54) is 37.7 Å². The van der Waals surface area contributed by atoms with Crippen molar-refractivity contribution < 1.29 is 18.7 Å². The van der Waals surface area contributed by atoms with Crippen molar-refractivity contribution in [1.82, 2.24) is 15.3 Å². The first-order chi connectivity index (χ1) is 11.1. The van der Waals surface area contributed by atoms with Crippen LogP contribution in [0.25, 0.3) is 0 Å². The summed E-state index contributed by atoms with van der Waals surface area (Å²) < 4.78 is 10.4. The average Bonchev–Trinajstić information content (AvgIpc) is 2.92. The molecule has 0 spiro atoms. The van der Waals surface area contributed by atoms with Crippen LogP contribution in [0.4, 0.5) is 5.95 Å². The van der Waals surface area contributed by atoms with Gasteiger partial charge >= 0.3 is 0 Å². The first-order valence-corrected chi connectivity index (χ1v) is 7.14. The summed E-state index contributed by atoms with van der Waals surface area (Å²) in [6.07, 6.45) is 5.64. The van der Waals surface area contributed by atoms with E-state index in [4.69, 9.17) is 9.15 Å². The molecule has 0 saturated heterocycles. The lowest BCUT2D eigenvalue weighted by molar-refractivity contribution is 0.0937. The maximum absolute atomic E-state index is 12.7. The van der Waals surface area contributed by atoms with Crippen LogP contribution in [0, 0.1) is 0 Å². The Morgan fingerprint density at radius 3 is 2.83 bits per heavy atom. The molecule has 8 nitrogen and oxygen atoms in total. The highest BCUT2D eigenvalue weighted by molar-refractivity contribution is 6.12. The molecule has 2 amide bonds. The molecule has 0 bridgehead atoms. The Morgan fingerprint density at radius 2 is 2.13 bits per heavy atom. The molecule has 3 rings (SSSR count). The molecule has 120 valence electrons. The van der Waals surface area contributed by atoms with Gasteiger partial charge in [-0.3, -0.25) is 14.5 Å². The summed E-state index contributed by atoms with van der Waals surface area (Å²) in [5.41, 5.74) is 0.508. The molecular weight excluding hydrogens is 300 g/mol. The number of rotatable bonds is 3. The van der Waals surface area contributed by atoms with Gasteiger partial charge in [0.1, 0.15) is 12.0 Å². The molecule has 8 heteroatoms. The predicted molar refractivity (Wildman–Crippen MR) is 80.7 cm³/mol. The van der Waals surface area contributed by atoms with Gasteiger partial charge in [0.2, 0.25) is 5.95 Å². The van der Waals surface area contributed by atoms with Crippen LogP contribution in [0.5, 0.6) is 5.75 Å². The highest BCUT2D eigenvalue weighted by atomic mass is 16.5. The zero-order valence-corrected chi connectivity index (χ0v) is 12.8. The zero-order chi connectivity index (χ0) is 16.4. The number of furan rings is 1. The van der Waals surface area contributed by atoms with Crippen molar-refractivity contribution in [3.8, 4) is 5.75 Å². The lowest BCUT2D eigenvalue weighted by Crippen LogP contribution is -2.31. The predicted octanol–water partition coefficient (Wildman–Crippen LogP) is 1.03. The van der Waals surface area contributed by atoms with Gasteiger partial charge in [-0.05, 0) is 6.42 Å². The first kappa shape index (κ1) is 15.0. The number of nitrogens with one attached hydrogen (secondary N) is 1. The van der Waals surface area contributed by atoms with Crippen LogP contribution in [-0.2, 0) is 6.42 Å². The standard InChI is InChI=1S/C15H16N4O4/c1-19(15-17-6-9(22-2)7-18-15)14(21)10-8-23-11-4-3-5-16-13(20)12(10)11/h6-8H,3-5H2,1-2H3,(H,16,20). The third-order valence-electron chi connectivity index (χ3n) is 3.65. The summed E-state index contributed by atoms with van der Waals surface area (Å²) >= 11 is 0. The van der Waals surface area contributed by atoms with Gasteiger partial charge < -0.3 is 14.5 Å². The molecular formula is C15H16N4O4. The van der Waals surface area contributed by atoms with Gasteiger partial charge in [-0.2, -0.15) is 0 Å². The second kappa shape index (κ2) is 6.07. The Balaban J connectivity index is 1.91. The summed E-state index contributed by atoms with van der Waals surface area (Å²) in [4.78, 5) is 34.2. The van der Waals surface area contributed by atoms with E-state index in [1.54, 1.807) is 0 Å². The number of anilines is 1. The Labute approximate surface area is 132 Å². The molecule has 0 aromatic carbocycles. The van der Waals surface area contributed by atoms with Gasteiger partial charge in [0.15, 0.2) is 5.75 Å². The van der Waals surface area contributed by atoms with Crippen molar-refractivity contribution in [2.24, 2.45) is 0 Å². The van der Waals surface area contributed by atoms with Gasteiger partial charge in [0, 0.05) is 20.0 Å².